The highest BCUT2D eigenvalue weighted by atomic mass is 19.4. The first kappa shape index (κ1) is 29.9. The van der Waals surface area contributed by atoms with Crippen LogP contribution in [0.25, 0.3) is 22.2 Å². The van der Waals surface area contributed by atoms with E-state index in [0.29, 0.717) is 0 Å². The number of alkyl halides is 6. The zero-order valence-electron chi connectivity index (χ0n) is 20.4. The van der Waals surface area contributed by atoms with Gasteiger partial charge in [-0.15, -0.1) is 0 Å². The number of fused-ring (bicyclic) bond motifs is 2. The van der Waals surface area contributed by atoms with Crippen LogP contribution in [-0.2, 0) is 22.6 Å². The van der Waals surface area contributed by atoms with Gasteiger partial charge in [-0.25, -0.2) is 14.6 Å². The number of halogens is 6. The average molecular weight is 573 g/mol. The van der Waals surface area contributed by atoms with Gasteiger partial charge >= 0.3 is 24.3 Å². The molecule has 16 heteroatoms. The first-order chi connectivity index (χ1) is 18.7. The molecule has 5 N–H and O–H groups in total. The molecular formula is C24H21F6N5O5. The number of aliphatic carboxylic acids is 2. The van der Waals surface area contributed by atoms with E-state index < -0.39 is 24.3 Å². The van der Waals surface area contributed by atoms with E-state index in [0.717, 1.165) is 46.7 Å². The van der Waals surface area contributed by atoms with E-state index >= 15 is 0 Å². The Balaban J connectivity index is 0.000000263. The Hall–Kier alpha value is -4.60. The highest BCUT2D eigenvalue weighted by Crippen LogP contribution is 2.29. The Morgan fingerprint density at radius 1 is 0.950 bits per heavy atom. The second kappa shape index (κ2) is 12.1. The molecule has 3 heterocycles. The van der Waals surface area contributed by atoms with Crippen molar-refractivity contribution in [2.45, 2.75) is 31.4 Å². The van der Waals surface area contributed by atoms with Crippen molar-refractivity contribution < 1.29 is 50.9 Å². The molecule has 1 aliphatic rings. The number of carboxylic acid groups (broad SMARTS) is 2. The normalized spacial score (nSPS) is 14.7. The summed E-state index contributed by atoms with van der Waals surface area (Å²) in [5.41, 5.74) is 6.84. The molecule has 1 atom stereocenters. The highest BCUT2D eigenvalue weighted by Gasteiger charge is 2.38. The van der Waals surface area contributed by atoms with Crippen molar-refractivity contribution in [3.63, 3.8) is 0 Å². The Labute approximate surface area is 221 Å². The van der Waals surface area contributed by atoms with Gasteiger partial charge in [-0.05, 0) is 47.4 Å². The molecule has 0 saturated carbocycles. The maximum absolute atomic E-state index is 10.6. The highest BCUT2D eigenvalue weighted by molar-refractivity contribution is 5.81. The van der Waals surface area contributed by atoms with Gasteiger partial charge in [0.1, 0.15) is 11.6 Å². The van der Waals surface area contributed by atoms with Gasteiger partial charge in [0.2, 0.25) is 0 Å². The van der Waals surface area contributed by atoms with Gasteiger partial charge in [0.25, 0.3) is 0 Å². The van der Waals surface area contributed by atoms with Crippen LogP contribution in [0.1, 0.15) is 23.0 Å². The minimum atomic E-state index is -5.08. The number of methoxy groups -OCH3 is 1. The third-order valence-electron chi connectivity index (χ3n) is 5.52. The molecule has 1 unspecified atom stereocenters. The van der Waals surface area contributed by atoms with E-state index in [2.05, 4.69) is 50.8 Å². The second-order valence-electron chi connectivity index (χ2n) is 8.22. The van der Waals surface area contributed by atoms with Crippen LogP contribution in [0.5, 0.6) is 5.75 Å². The van der Waals surface area contributed by atoms with Crippen LogP contribution < -0.4 is 10.1 Å². The van der Waals surface area contributed by atoms with Gasteiger partial charge in [0.15, 0.2) is 0 Å². The Kier molecular flexibility index (Phi) is 9.03. The van der Waals surface area contributed by atoms with Crippen LogP contribution in [0.4, 0.5) is 26.3 Å². The van der Waals surface area contributed by atoms with Crippen molar-refractivity contribution in [1.29, 1.82) is 0 Å². The Bertz CT molecular complexity index is 1440. The largest absolute Gasteiger partial charge is 0.497 e. The zero-order chi connectivity index (χ0) is 29.7. The lowest BCUT2D eigenvalue weighted by Crippen LogP contribution is -2.29. The molecule has 10 nitrogen and oxygen atoms in total. The van der Waals surface area contributed by atoms with E-state index in [4.69, 9.17) is 29.5 Å². The summed E-state index contributed by atoms with van der Waals surface area (Å²) in [5, 5.41) is 24.7. The molecule has 0 radical (unpaired) electrons. The number of H-pyrrole nitrogens is 2. The minimum absolute atomic E-state index is 0.166. The summed E-state index contributed by atoms with van der Waals surface area (Å²) in [6.45, 7) is 0.835. The fourth-order valence-corrected chi connectivity index (χ4v) is 3.59. The number of aromatic amines is 2. The maximum atomic E-state index is 10.6. The number of rotatable bonds is 3. The third-order valence-corrected chi connectivity index (χ3v) is 5.52. The molecule has 0 fully saturated rings. The molecule has 0 bridgehead atoms. The number of ether oxygens (including phenoxy) is 1. The van der Waals surface area contributed by atoms with Crippen LogP contribution in [0.3, 0.4) is 0 Å². The molecule has 214 valence electrons. The predicted octanol–water partition coefficient (Wildman–Crippen LogP) is 4.62. The topological polar surface area (TPSA) is 153 Å². The number of hydrogen-bond acceptors (Lipinski definition) is 6. The summed E-state index contributed by atoms with van der Waals surface area (Å²) < 4.78 is 68.8. The summed E-state index contributed by atoms with van der Waals surface area (Å²) >= 11 is 0. The molecular weight excluding hydrogens is 552 g/mol. The van der Waals surface area contributed by atoms with Gasteiger partial charge in [-0.2, -0.15) is 31.4 Å². The van der Waals surface area contributed by atoms with Crippen molar-refractivity contribution in [1.82, 2.24) is 25.5 Å². The van der Waals surface area contributed by atoms with Gasteiger partial charge in [0.05, 0.1) is 30.4 Å². The molecule has 40 heavy (non-hydrogen) atoms. The third kappa shape index (κ3) is 7.72. The average Bonchev–Trinajstić information content (AvgIpc) is 3.57. The van der Waals surface area contributed by atoms with Gasteiger partial charge in [-0.3, -0.25) is 5.10 Å². The number of aromatic nitrogens is 4. The Morgan fingerprint density at radius 2 is 1.60 bits per heavy atom. The molecule has 4 aromatic rings. The first-order valence-electron chi connectivity index (χ1n) is 11.2. The SMILES string of the molecule is COc1ccc2c(c1)CC(c1nc3ccc(-c4cn[nH]c4)cc3[nH]1)NC2.O=C(O)C(F)(F)F.O=C(O)C(F)(F)F. The van der Waals surface area contributed by atoms with Crippen molar-refractivity contribution in [3.8, 4) is 16.9 Å². The molecule has 2 aromatic carbocycles. The molecule has 1 aliphatic heterocycles. The van der Waals surface area contributed by atoms with E-state index in [1.807, 2.05) is 18.5 Å². The minimum Gasteiger partial charge on any atom is -0.497 e. The lowest BCUT2D eigenvalue weighted by Gasteiger charge is -2.25. The number of benzene rings is 2. The smallest absolute Gasteiger partial charge is 0.490 e. The monoisotopic (exact) mass is 573 g/mol. The van der Waals surface area contributed by atoms with Crippen LogP contribution in [0, 0.1) is 0 Å². The molecule has 2 aromatic heterocycles. The first-order valence-corrected chi connectivity index (χ1v) is 11.2. The number of carbonyl (C=O) groups is 2. The number of nitrogens with one attached hydrogen (secondary N) is 3. The summed E-state index contributed by atoms with van der Waals surface area (Å²) in [5.74, 6) is -3.64. The summed E-state index contributed by atoms with van der Waals surface area (Å²) in [6.07, 6.45) is -5.56. The fourth-order valence-electron chi connectivity index (χ4n) is 3.59. The zero-order valence-corrected chi connectivity index (χ0v) is 20.4. The number of hydrogen-bond donors (Lipinski definition) is 5. The van der Waals surface area contributed by atoms with Crippen molar-refractivity contribution in [3.05, 3.63) is 65.7 Å². The number of carboxylic acids is 2. The van der Waals surface area contributed by atoms with E-state index in [9.17, 15) is 26.3 Å². The standard InChI is InChI=1S/C20H19N5O.2C2HF3O2/c1-26-16-4-2-13-9-21-19(8-14(13)6-16)20-24-17-5-3-12(7-18(17)25-20)15-10-22-23-11-15;2*3-2(4,5)1(6)7/h2-7,10-11,19,21H,8-9H2,1H3,(H,22,23)(H,24,25);2*(H,6,7). The maximum Gasteiger partial charge on any atom is 0.490 e. The van der Waals surface area contributed by atoms with Crippen LogP contribution in [0.2, 0.25) is 0 Å². The second-order valence-corrected chi connectivity index (χ2v) is 8.22. The van der Waals surface area contributed by atoms with Crippen molar-refractivity contribution in [2.75, 3.05) is 7.11 Å². The lowest BCUT2D eigenvalue weighted by atomic mass is 9.95. The number of imidazole rings is 1. The van der Waals surface area contributed by atoms with Crippen molar-refractivity contribution in [2.24, 2.45) is 0 Å². The summed E-state index contributed by atoms with van der Waals surface area (Å²) in [7, 11) is 1.71. The van der Waals surface area contributed by atoms with Crippen molar-refractivity contribution >= 4 is 23.0 Å². The Morgan fingerprint density at radius 3 is 2.15 bits per heavy atom. The summed E-state index contributed by atoms with van der Waals surface area (Å²) in [4.78, 5) is 26.1. The number of nitrogens with zero attached hydrogens (tertiary/aromatic N) is 2. The van der Waals surface area contributed by atoms with Crippen LogP contribution in [-0.4, -0.2) is 61.8 Å². The fraction of sp³-hybridized carbons (Fsp3) is 0.250. The van der Waals surface area contributed by atoms with Crippen LogP contribution >= 0.6 is 0 Å². The van der Waals surface area contributed by atoms with Gasteiger partial charge in [-0.1, -0.05) is 12.1 Å². The van der Waals surface area contributed by atoms with Gasteiger partial charge in [0, 0.05) is 18.3 Å². The molecule has 0 spiro atoms. The molecule has 0 saturated heterocycles. The quantitative estimate of drug-likeness (QED) is 0.223. The molecule has 0 amide bonds. The molecule has 0 aliphatic carbocycles. The van der Waals surface area contributed by atoms with E-state index in [1.54, 1.807) is 7.11 Å². The predicted molar refractivity (Wildman–Crippen MR) is 127 cm³/mol. The van der Waals surface area contributed by atoms with E-state index in [1.165, 1.54) is 11.1 Å². The van der Waals surface area contributed by atoms with Crippen LogP contribution in [0.15, 0.2) is 48.8 Å². The lowest BCUT2D eigenvalue weighted by molar-refractivity contribution is -0.193. The molecule has 5 rings (SSSR count). The van der Waals surface area contributed by atoms with Gasteiger partial charge < -0.3 is 25.3 Å². The van der Waals surface area contributed by atoms with E-state index in [-0.39, 0.29) is 6.04 Å². The summed E-state index contributed by atoms with van der Waals surface area (Å²) in [6, 6.07) is 12.7.